The molecule has 110 valence electrons. The molecule has 4 heteroatoms. The summed E-state index contributed by atoms with van der Waals surface area (Å²) in [4.78, 5) is 26.0. The average molecular weight is 268 g/mol. The molecular weight excluding hydrogens is 240 g/mol. The quantitative estimate of drug-likeness (QED) is 0.768. The summed E-state index contributed by atoms with van der Waals surface area (Å²) in [6.45, 7) is 6.83. The van der Waals surface area contributed by atoms with Crippen molar-refractivity contribution in [3.63, 3.8) is 0 Å². The molecule has 1 rings (SSSR count). The third-order valence-electron chi connectivity index (χ3n) is 4.05. The molecule has 0 aromatic rings. The van der Waals surface area contributed by atoms with Gasteiger partial charge in [0.2, 0.25) is 5.91 Å². The normalized spacial score (nSPS) is 23.1. The van der Waals surface area contributed by atoms with Crippen molar-refractivity contribution in [2.75, 3.05) is 13.6 Å². The smallest absolute Gasteiger partial charge is 0.237 e. The molecule has 1 saturated heterocycles. The van der Waals surface area contributed by atoms with Crippen molar-refractivity contribution in [1.29, 1.82) is 0 Å². The van der Waals surface area contributed by atoms with Crippen LogP contribution in [0.15, 0.2) is 0 Å². The number of carbonyl (C=O) groups is 2. The first-order chi connectivity index (χ1) is 8.95. The first-order valence-corrected chi connectivity index (χ1v) is 7.46. The standard InChI is InChI=1S/C15H28N2O2/c1-5-7-11(2)10-13(12(3)18)16-15(19)14-8-6-9-17(14)4/h11,13-14H,5-10H2,1-4H3,(H,16,19). The fraction of sp³-hybridized carbons (Fsp3) is 0.867. The van der Waals surface area contributed by atoms with Crippen molar-refractivity contribution in [3.05, 3.63) is 0 Å². The van der Waals surface area contributed by atoms with Gasteiger partial charge in [-0.25, -0.2) is 0 Å². The molecule has 1 aliphatic rings. The number of ketones is 1. The van der Waals surface area contributed by atoms with Crippen LogP contribution in [0, 0.1) is 5.92 Å². The van der Waals surface area contributed by atoms with Gasteiger partial charge in [-0.1, -0.05) is 26.7 Å². The van der Waals surface area contributed by atoms with Crippen molar-refractivity contribution in [1.82, 2.24) is 10.2 Å². The summed E-state index contributed by atoms with van der Waals surface area (Å²) in [7, 11) is 1.97. The van der Waals surface area contributed by atoms with Crippen LogP contribution in [0.1, 0.15) is 52.9 Å². The molecule has 19 heavy (non-hydrogen) atoms. The summed E-state index contributed by atoms with van der Waals surface area (Å²) < 4.78 is 0. The second-order valence-corrected chi connectivity index (χ2v) is 5.94. The zero-order valence-corrected chi connectivity index (χ0v) is 12.7. The van der Waals surface area contributed by atoms with Gasteiger partial charge in [0.05, 0.1) is 12.1 Å². The van der Waals surface area contributed by atoms with E-state index in [0.29, 0.717) is 5.92 Å². The number of amides is 1. The SMILES string of the molecule is CCCC(C)CC(NC(=O)C1CCCN1C)C(C)=O. The second-order valence-electron chi connectivity index (χ2n) is 5.94. The Balaban J connectivity index is 2.53. The lowest BCUT2D eigenvalue weighted by molar-refractivity contribution is -0.129. The van der Waals surface area contributed by atoms with Crippen LogP contribution in [0.2, 0.25) is 0 Å². The zero-order valence-electron chi connectivity index (χ0n) is 12.7. The number of hydrogen-bond acceptors (Lipinski definition) is 3. The highest BCUT2D eigenvalue weighted by atomic mass is 16.2. The number of likely N-dealkylation sites (tertiary alicyclic amines) is 1. The molecule has 0 aliphatic carbocycles. The molecule has 4 nitrogen and oxygen atoms in total. The van der Waals surface area contributed by atoms with Crippen LogP contribution in [-0.2, 0) is 9.59 Å². The molecule has 3 unspecified atom stereocenters. The van der Waals surface area contributed by atoms with Crippen LogP contribution < -0.4 is 5.32 Å². The van der Waals surface area contributed by atoms with Gasteiger partial charge in [-0.2, -0.15) is 0 Å². The van der Waals surface area contributed by atoms with E-state index in [2.05, 4.69) is 24.1 Å². The Kier molecular flexibility index (Phi) is 6.49. The third-order valence-corrected chi connectivity index (χ3v) is 4.05. The van der Waals surface area contributed by atoms with Crippen LogP contribution >= 0.6 is 0 Å². The Morgan fingerprint density at radius 2 is 2.11 bits per heavy atom. The van der Waals surface area contributed by atoms with Gasteiger partial charge in [-0.05, 0) is 45.7 Å². The van der Waals surface area contributed by atoms with E-state index < -0.39 is 0 Å². The van der Waals surface area contributed by atoms with Crippen LogP contribution in [0.25, 0.3) is 0 Å². The first kappa shape index (κ1) is 16.2. The van der Waals surface area contributed by atoms with Crippen LogP contribution in [0.4, 0.5) is 0 Å². The highest BCUT2D eigenvalue weighted by Crippen LogP contribution is 2.17. The van der Waals surface area contributed by atoms with Gasteiger partial charge in [0, 0.05) is 0 Å². The van der Waals surface area contributed by atoms with E-state index in [-0.39, 0.29) is 23.8 Å². The number of likely N-dealkylation sites (N-methyl/N-ethyl adjacent to an activating group) is 1. The summed E-state index contributed by atoms with van der Waals surface area (Å²) in [6, 6.07) is -0.369. The van der Waals surface area contributed by atoms with E-state index >= 15 is 0 Å². The Bertz CT molecular complexity index is 317. The Morgan fingerprint density at radius 3 is 2.58 bits per heavy atom. The maximum absolute atomic E-state index is 12.2. The number of nitrogens with zero attached hydrogens (tertiary/aromatic N) is 1. The van der Waals surface area contributed by atoms with Crippen molar-refractivity contribution in [2.45, 2.75) is 65.0 Å². The van der Waals surface area contributed by atoms with E-state index in [1.54, 1.807) is 6.92 Å². The minimum Gasteiger partial charge on any atom is -0.345 e. The summed E-state index contributed by atoms with van der Waals surface area (Å²) in [5.74, 6) is 0.557. The summed E-state index contributed by atoms with van der Waals surface area (Å²) in [5.41, 5.74) is 0. The highest BCUT2D eigenvalue weighted by molar-refractivity contribution is 5.89. The lowest BCUT2D eigenvalue weighted by Crippen LogP contribution is -2.48. The van der Waals surface area contributed by atoms with Gasteiger partial charge < -0.3 is 5.32 Å². The Hall–Kier alpha value is -0.900. The maximum atomic E-state index is 12.2. The lowest BCUT2D eigenvalue weighted by atomic mass is 9.95. The third kappa shape index (κ3) is 4.94. The van der Waals surface area contributed by atoms with Gasteiger partial charge in [0.25, 0.3) is 0 Å². The van der Waals surface area contributed by atoms with Crippen LogP contribution in [-0.4, -0.2) is 42.3 Å². The number of carbonyl (C=O) groups excluding carboxylic acids is 2. The van der Waals surface area contributed by atoms with Crippen molar-refractivity contribution < 1.29 is 9.59 Å². The first-order valence-electron chi connectivity index (χ1n) is 7.46. The predicted octanol–water partition coefficient (Wildman–Crippen LogP) is 1.98. The molecule has 1 fully saturated rings. The molecule has 0 radical (unpaired) electrons. The zero-order chi connectivity index (χ0) is 14.4. The van der Waals surface area contributed by atoms with Gasteiger partial charge >= 0.3 is 0 Å². The monoisotopic (exact) mass is 268 g/mol. The Morgan fingerprint density at radius 1 is 1.42 bits per heavy atom. The molecule has 0 aromatic heterocycles. The highest BCUT2D eigenvalue weighted by Gasteiger charge is 2.30. The molecule has 3 atom stereocenters. The van der Waals surface area contributed by atoms with E-state index in [1.807, 2.05) is 7.05 Å². The molecule has 1 heterocycles. The van der Waals surface area contributed by atoms with Gasteiger partial charge in [-0.3, -0.25) is 14.5 Å². The van der Waals surface area contributed by atoms with Crippen molar-refractivity contribution in [3.8, 4) is 0 Å². The number of hydrogen-bond donors (Lipinski definition) is 1. The fourth-order valence-corrected chi connectivity index (χ4v) is 2.85. The van der Waals surface area contributed by atoms with E-state index in [4.69, 9.17) is 0 Å². The lowest BCUT2D eigenvalue weighted by Gasteiger charge is -2.24. The predicted molar refractivity (Wildman–Crippen MR) is 77.0 cm³/mol. The maximum Gasteiger partial charge on any atom is 0.237 e. The van der Waals surface area contributed by atoms with Gasteiger partial charge in [0.1, 0.15) is 0 Å². The van der Waals surface area contributed by atoms with Crippen molar-refractivity contribution >= 4 is 11.7 Å². The number of nitrogens with one attached hydrogen (secondary N) is 1. The largest absolute Gasteiger partial charge is 0.345 e. The molecule has 0 spiro atoms. The molecular formula is C15H28N2O2. The van der Waals surface area contributed by atoms with Crippen LogP contribution in [0.5, 0.6) is 0 Å². The molecule has 1 N–H and O–H groups in total. The number of rotatable bonds is 7. The average Bonchev–Trinajstić information content (AvgIpc) is 2.74. The topological polar surface area (TPSA) is 49.4 Å². The number of Topliss-reactive ketones (excluding diaryl/α,β-unsaturated/α-hetero) is 1. The van der Waals surface area contributed by atoms with Gasteiger partial charge in [0.15, 0.2) is 5.78 Å². The Labute approximate surface area is 116 Å². The molecule has 0 bridgehead atoms. The van der Waals surface area contributed by atoms with E-state index in [1.165, 1.54) is 0 Å². The summed E-state index contributed by atoms with van der Waals surface area (Å²) >= 11 is 0. The van der Waals surface area contributed by atoms with Gasteiger partial charge in [-0.15, -0.1) is 0 Å². The molecule has 1 amide bonds. The van der Waals surface area contributed by atoms with Crippen LogP contribution in [0.3, 0.4) is 0 Å². The molecule has 0 saturated carbocycles. The van der Waals surface area contributed by atoms with E-state index in [9.17, 15) is 9.59 Å². The minimum atomic E-state index is -0.317. The fourth-order valence-electron chi connectivity index (χ4n) is 2.85. The molecule has 1 aliphatic heterocycles. The molecule has 0 aromatic carbocycles. The minimum absolute atomic E-state index is 0.0175. The van der Waals surface area contributed by atoms with Crippen molar-refractivity contribution in [2.24, 2.45) is 5.92 Å². The van der Waals surface area contributed by atoms with E-state index in [0.717, 1.165) is 38.6 Å². The second kappa shape index (κ2) is 7.63. The summed E-state index contributed by atoms with van der Waals surface area (Å²) in [6.07, 6.45) is 4.93. The summed E-state index contributed by atoms with van der Waals surface area (Å²) in [5, 5.41) is 2.95.